The maximum atomic E-state index is 12.4. The maximum Gasteiger partial charge on any atom is 0.321 e. The number of benzene rings is 2. The van der Waals surface area contributed by atoms with Crippen molar-refractivity contribution in [3.05, 3.63) is 65.2 Å². The molecule has 0 spiro atoms. The Labute approximate surface area is 175 Å². The Balaban J connectivity index is 1.45. The molecule has 3 rings (SSSR count). The molecule has 0 unspecified atom stereocenters. The van der Waals surface area contributed by atoms with E-state index in [0.29, 0.717) is 50.4 Å². The van der Waals surface area contributed by atoms with Crippen molar-refractivity contribution in [3.63, 3.8) is 0 Å². The van der Waals surface area contributed by atoms with Crippen LogP contribution in [0.5, 0.6) is 5.75 Å². The summed E-state index contributed by atoms with van der Waals surface area (Å²) < 4.78 is 10.4. The number of ether oxygens (including phenoxy) is 2. The van der Waals surface area contributed by atoms with Gasteiger partial charge in [0.05, 0.1) is 20.3 Å². The molecule has 1 saturated heterocycles. The Morgan fingerprint density at radius 1 is 0.967 bits per heavy atom. The van der Waals surface area contributed by atoms with Crippen molar-refractivity contribution in [2.75, 3.05) is 40.0 Å². The number of hydrogen-bond donors (Lipinski definition) is 2. The molecule has 4 amide bonds. The molecule has 0 aliphatic carbocycles. The lowest BCUT2D eigenvalue weighted by molar-refractivity contribution is 0.0303. The third-order valence-corrected chi connectivity index (χ3v) is 4.78. The zero-order chi connectivity index (χ0) is 21.3. The van der Waals surface area contributed by atoms with Crippen LogP contribution in [0.15, 0.2) is 48.5 Å². The number of nitrogens with one attached hydrogen (secondary N) is 2. The molecule has 1 aliphatic rings. The van der Waals surface area contributed by atoms with Gasteiger partial charge in [-0.25, -0.2) is 4.79 Å². The third-order valence-electron chi connectivity index (χ3n) is 4.78. The topological polar surface area (TPSA) is 97.0 Å². The standard InChI is InChI=1S/C22H25N3O5/c1-29-19-8-2-16(3-9-19)10-11-23-22(28)24-20(26)17-4-6-18(7-5-17)21(27)25-12-14-30-15-13-25/h2-9H,10-15H2,1H3,(H2,23,24,26,28). The molecule has 8 heteroatoms. The minimum atomic E-state index is -0.568. The third kappa shape index (κ3) is 5.81. The van der Waals surface area contributed by atoms with E-state index in [1.807, 2.05) is 24.3 Å². The lowest BCUT2D eigenvalue weighted by Gasteiger charge is -2.26. The van der Waals surface area contributed by atoms with E-state index >= 15 is 0 Å². The zero-order valence-corrected chi connectivity index (χ0v) is 16.8. The molecule has 0 aromatic heterocycles. The molecule has 0 radical (unpaired) electrons. The number of hydrogen-bond acceptors (Lipinski definition) is 5. The monoisotopic (exact) mass is 411 g/mol. The lowest BCUT2D eigenvalue weighted by atomic mass is 10.1. The van der Waals surface area contributed by atoms with Gasteiger partial charge in [-0.05, 0) is 48.4 Å². The van der Waals surface area contributed by atoms with Gasteiger partial charge in [0.2, 0.25) is 0 Å². The minimum Gasteiger partial charge on any atom is -0.497 e. The van der Waals surface area contributed by atoms with Crippen LogP contribution < -0.4 is 15.4 Å². The number of nitrogens with zero attached hydrogens (tertiary/aromatic N) is 1. The van der Waals surface area contributed by atoms with Gasteiger partial charge in [0.25, 0.3) is 11.8 Å². The highest BCUT2D eigenvalue weighted by Gasteiger charge is 2.19. The summed E-state index contributed by atoms with van der Waals surface area (Å²) >= 11 is 0. The molecule has 1 aliphatic heterocycles. The number of urea groups is 1. The van der Waals surface area contributed by atoms with Gasteiger partial charge in [-0.1, -0.05) is 12.1 Å². The molecule has 0 atom stereocenters. The van der Waals surface area contributed by atoms with Gasteiger partial charge in [-0.3, -0.25) is 14.9 Å². The Morgan fingerprint density at radius 2 is 1.60 bits per heavy atom. The molecule has 0 bridgehead atoms. The summed E-state index contributed by atoms with van der Waals surface area (Å²) in [6.07, 6.45) is 0.629. The largest absolute Gasteiger partial charge is 0.497 e. The van der Waals surface area contributed by atoms with Gasteiger partial charge < -0.3 is 19.7 Å². The molecular formula is C22H25N3O5. The molecule has 1 heterocycles. The fraction of sp³-hybridized carbons (Fsp3) is 0.318. The smallest absolute Gasteiger partial charge is 0.321 e. The first-order chi connectivity index (χ1) is 14.6. The van der Waals surface area contributed by atoms with Crippen molar-refractivity contribution >= 4 is 17.8 Å². The molecule has 158 valence electrons. The predicted molar refractivity (Wildman–Crippen MR) is 111 cm³/mol. The zero-order valence-electron chi connectivity index (χ0n) is 16.8. The quantitative estimate of drug-likeness (QED) is 0.756. The van der Waals surface area contributed by atoms with Crippen molar-refractivity contribution in [1.82, 2.24) is 15.5 Å². The van der Waals surface area contributed by atoms with Crippen molar-refractivity contribution in [2.24, 2.45) is 0 Å². The van der Waals surface area contributed by atoms with Gasteiger partial charge in [0.1, 0.15) is 5.75 Å². The van der Waals surface area contributed by atoms with E-state index in [9.17, 15) is 14.4 Å². The van der Waals surface area contributed by atoms with E-state index in [0.717, 1.165) is 11.3 Å². The summed E-state index contributed by atoms with van der Waals surface area (Å²) in [5, 5.41) is 4.95. The Morgan fingerprint density at radius 3 is 2.23 bits per heavy atom. The van der Waals surface area contributed by atoms with E-state index in [-0.39, 0.29) is 5.91 Å². The first kappa shape index (κ1) is 21.3. The summed E-state index contributed by atoms with van der Waals surface area (Å²) in [7, 11) is 1.60. The fourth-order valence-electron chi connectivity index (χ4n) is 3.05. The van der Waals surface area contributed by atoms with E-state index in [2.05, 4.69) is 10.6 Å². The van der Waals surface area contributed by atoms with Gasteiger partial charge in [0, 0.05) is 30.8 Å². The summed E-state index contributed by atoms with van der Waals surface area (Å²) in [6, 6.07) is 13.2. The van der Waals surface area contributed by atoms with Crippen LogP contribution in [0.4, 0.5) is 4.79 Å². The van der Waals surface area contributed by atoms with Crippen LogP contribution >= 0.6 is 0 Å². The van der Waals surface area contributed by atoms with Crippen LogP contribution in [0.3, 0.4) is 0 Å². The second kappa shape index (κ2) is 10.4. The summed E-state index contributed by atoms with van der Waals surface area (Å²) in [4.78, 5) is 38.4. The highest BCUT2D eigenvalue weighted by atomic mass is 16.5. The number of carbonyl (C=O) groups excluding carboxylic acids is 3. The molecule has 2 N–H and O–H groups in total. The molecule has 2 aromatic rings. The summed E-state index contributed by atoms with van der Waals surface area (Å²) in [5.74, 6) is 0.150. The molecule has 0 saturated carbocycles. The predicted octanol–water partition coefficient (Wildman–Crippen LogP) is 1.85. The molecule has 30 heavy (non-hydrogen) atoms. The Bertz CT molecular complexity index is 875. The summed E-state index contributed by atoms with van der Waals surface area (Å²) in [5.41, 5.74) is 1.85. The van der Waals surface area contributed by atoms with E-state index in [4.69, 9.17) is 9.47 Å². The van der Waals surface area contributed by atoms with E-state index in [1.54, 1.807) is 24.1 Å². The van der Waals surface area contributed by atoms with Gasteiger partial charge in [0.15, 0.2) is 0 Å². The molecule has 8 nitrogen and oxygen atoms in total. The van der Waals surface area contributed by atoms with Crippen LogP contribution in [0.25, 0.3) is 0 Å². The van der Waals surface area contributed by atoms with Gasteiger partial charge >= 0.3 is 6.03 Å². The van der Waals surface area contributed by atoms with Gasteiger partial charge in [-0.2, -0.15) is 0 Å². The van der Waals surface area contributed by atoms with E-state index in [1.165, 1.54) is 12.1 Å². The molecule has 2 aromatic carbocycles. The summed E-state index contributed by atoms with van der Waals surface area (Å²) in [6.45, 7) is 2.55. The number of methoxy groups -OCH3 is 1. The normalized spacial score (nSPS) is 13.4. The molecular weight excluding hydrogens is 386 g/mol. The van der Waals surface area contributed by atoms with Gasteiger partial charge in [-0.15, -0.1) is 0 Å². The van der Waals surface area contributed by atoms with E-state index < -0.39 is 11.9 Å². The number of amides is 4. The highest BCUT2D eigenvalue weighted by Crippen LogP contribution is 2.11. The van der Waals surface area contributed by atoms with Crippen molar-refractivity contribution in [2.45, 2.75) is 6.42 Å². The van der Waals surface area contributed by atoms with Crippen molar-refractivity contribution in [1.29, 1.82) is 0 Å². The fourth-order valence-corrected chi connectivity index (χ4v) is 3.05. The van der Waals surface area contributed by atoms with Crippen LogP contribution in [0, 0.1) is 0 Å². The number of imide groups is 1. The average molecular weight is 411 g/mol. The lowest BCUT2D eigenvalue weighted by Crippen LogP contribution is -2.41. The minimum absolute atomic E-state index is 0.0958. The Kier molecular flexibility index (Phi) is 7.40. The first-order valence-electron chi connectivity index (χ1n) is 9.76. The molecule has 1 fully saturated rings. The van der Waals surface area contributed by atoms with Crippen LogP contribution in [-0.4, -0.2) is 62.7 Å². The number of carbonyl (C=O) groups is 3. The SMILES string of the molecule is COc1ccc(CCNC(=O)NC(=O)c2ccc(C(=O)N3CCOCC3)cc2)cc1. The Hall–Kier alpha value is -3.39. The van der Waals surface area contributed by atoms with Crippen LogP contribution in [0.1, 0.15) is 26.3 Å². The van der Waals surface area contributed by atoms with Crippen molar-refractivity contribution in [3.8, 4) is 5.75 Å². The number of morpholine rings is 1. The number of rotatable bonds is 6. The maximum absolute atomic E-state index is 12.4. The first-order valence-corrected chi connectivity index (χ1v) is 9.76. The second-order valence-corrected chi connectivity index (χ2v) is 6.79. The second-order valence-electron chi connectivity index (χ2n) is 6.79. The van der Waals surface area contributed by atoms with Crippen LogP contribution in [-0.2, 0) is 11.2 Å². The van der Waals surface area contributed by atoms with Crippen molar-refractivity contribution < 1.29 is 23.9 Å². The average Bonchev–Trinajstić information content (AvgIpc) is 2.79. The van der Waals surface area contributed by atoms with Crippen LogP contribution in [0.2, 0.25) is 0 Å². The highest BCUT2D eigenvalue weighted by molar-refractivity contribution is 6.04.